The third kappa shape index (κ3) is 2.13. The van der Waals surface area contributed by atoms with Crippen LogP contribution >= 0.6 is 0 Å². The topological polar surface area (TPSA) is 77.8 Å². The molecule has 0 spiro atoms. The van der Waals surface area contributed by atoms with Crippen molar-refractivity contribution in [1.82, 2.24) is 4.90 Å². The molecule has 2 rings (SSSR count). The Labute approximate surface area is 97.6 Å². The van der Waals surface area contributed by atoms with Crippen molar-refractivity contribution < 1.29 is 19.8 Å². The first-order valence-electron chi connectivity index (χ1n) is 5.08. The Bertz CT molecular complexity index is 492. The zero-order valence-electron chi connectivity index (χ0n) is 8.96. The van der Waals surface area contributed by atoms with Gasteiger partial charge >= 0.3 is 5.97 Å². The molecule has 0 radical (unpaired) electrons. The van der Waals surface area contributed by atoms with Gasteiger partial charge in [0, 0.05) is 6.54 Å². The van der Waals surface area contributed by atoms with E-state index in [1.54, 1.807) is 0 Å². The van der Waals surface area contributed by atoms with Crippen LogP contribution in [0.1, 0.15) is 5.56 Å². The molecule has 0 aromatic heterocycles. The molecule has 5 nitrogen and oxygen atoms in total. The molecule has 1 aromatic carbocycles. The molecule has 5 heteroatoms. The minimum absolute atomic E-state index is 0.0463. The lowest BCUT2D eigenvalue weighted by Crippen LogP contribution is -2.28. The molecule has 0 fully saturated rings. The lowest BCUT2D eigenvalue weighted by molar-refractivity contribution is -0.136. The smallest absolute Gasteiger partial charge is 0.344 e. The number of carbonyl (C=O) groups is 2. The maximum atomic E-state index is 11.7. The van der Waals surface area contributed by atoms with Crippen LogP contribution in [0.3, 0.4) is 0 Å². The van der Waals surface area contributed by atoms with Gasteiger partial charge in [-0.3, -0.25) is 4.79 Å². The number of amides is 1. The van der Waals surface area contributed by atoms with E-state index in [2.05, 4.69) is 0 Å². The van der Waals surface area contributed by atoms with Crippen LogP contribution in [0.15, 0.2) is 41.7 Å². The SMILES string of the molecule is O=C(O)C1=C(O)CN(Cc2ccccc2)C1=O. The number of aliphatic hydroxyl groups excluding tert-OH is 1. The van der Waals surface area contributed by atoms with Gasteiger partial charge in [0.15, 0.2) is 5.57 Å². The van der Waals surface area contributed by atoms with E-state index in [0.29, 0.717) is 6.54 Å². The van der Waals surface area contributed by atoms with Crippen LogP contribution in [0.2, 0.25) is 0 Å². The van der Waals surface area contributed by atoms with Gasteiger partial charge in [0.05, 0.1) is 6.54 Å². The van der Waals surface area contributed by atoms with Crippen molar-refractivity contribution in [2.24, 2.45) is 0 Å². The number of nitrogens with zero attached hydrogens (tertiary/aromatic N) is 1. The van der Waals surface area contributed by atoms with Gasteiger partial charge in [-0.1, -0.05) is 30.3 Å². The van der Waals surface area contributed by atoms with Crippen molar-refractivity contribution in [3.8, 4) is 0 Å². The monoisotopic (exact) mass is 233 g/mol. The Morgan fingerprint density at radius 2 is 1.94 bits per heavy atom. The first-order valence-corrected chi connectivity index (χ1v) is 5.08. The normalized spacial score (nSPS) is 15.5. The van der Waals surface area contributed by atoms with Gasteiger partial charge in [-0.2, -0.15) is 0 Å². The Kier molecular flexibility index (Phi) is 2.82. The summed E-state index contributed by atoms with van der Waals surface area (Å²) in [5.74, 6) is -2.40. The second kappa shape index (κ2) is 4.29. The van der Waals surface area contributed by atoms with Crippen molar-refractivity contribution in [1.29, 1.82) is 0 Å². The number of benzene rings is 1. The van der Waals surface area contributed by atoms with Crippen molar-refractivity contribution in [3.05, 3.63) is 47.2 Å². The van der Waals surface area contributed by atoms with Crippen LogP contribution in [-0.2, 0) is 16.1 Å². The van der Waals surface area contributed by atoms with Crippen molar-refractivity contribution in [2.75, 3.05) is 6.54 Å². The highest BCUT2D eigenvalue weighted by atomic mass is 16.4. The molecule has 0 saturated heterocycles. The number of rotatable bonds is 3. The largest absolute Gasteiger partial charge is 0.509 e. The van der Waals surface area contributed by atoms with E-state index < -0.39 is 17.4 Å². The van der Waals surface area contributed by atoms with Crippen LogP contribution in [0.5, 0.6) is 0 Å². The quantitative estimate of drug-likeness (QED) is 0.761. The Hall–Kier alpha value is -2.30. The van der Waals surface area contributed by atoms with Crippen LogP contribution in [0.4, 0.5) is 0 Å². The van der Waals surface area contributed by atoms with Crippen molar-refractivity contribution in [2.45, 2.75) is 6.54 Å². The van der Waals surface area contributed by atoms with Gasteiger partial charge in [0.25, 0.3) is 5.91 Å². The summed E-state index contributed by atoms with van der Waals surface area (Å²) < 4.78 is 0. The molecular weight excluding hydrogens is 222 g/mol. The average molecular weight is 233 g/mol. The van der Waals surface area contributed by atoms with Gasteiger partial charge in [-0.25, -0.2) is 4.79 Å². The predicted molar refractivity (Wildman–Crippen MR) is 59.1 cm³/mol. The molecule has 1 aliphatic heterocycles. The third-order valence-corrected chi connectivity index (χ3v) is 2.56. The Balaban J connectivity index is 2.14. The van der Waals surface area contributed by atoms with Gasteiger partial charge < -0.3 is 15.1 Å². The lowest BCUT2D eigenvalue weighted by Gasteiger charge is -2.15. The molecule has 88 valence electrons. The molecule has 0 atom stereocenters. The molecule has 1 amide bonds. The molecule has 0 saturated carbocycles. The van der Waals surface area contributed by atoms with E-state index in [9.17, 15) is 14.7 Å². The number of hydrogen-bond acceptors (Lipinski definition) is 3. The molecular formula is C12H11NO4. The molecule has 0 unspecified atom stereocenters. The summed E-state index contributed by atoms with van der Waals surface area (Å²) in [6.45, 7) is 0.246. The van der Waals surface area contributed by atoms with E-state index in [4.69, 9.17) is 5.11 Å². The van der Waals surface area contributed by atoms with Gasteiger partial charge in [-0.15, -0.1) is 0 Å². The average Bonchev–Trinajstić information content (AvgIpc) is 2.55. The fraction of sp³-hybridized carbons (Fsp3) is 0.167. The Morgan fingerprint density at radius 3 is 2.47 bits per heavy atom. The van der Waals surface area contributed by atoms with Crippen LogP contribution in [0.25, 0.3) is 0 Å². The van der Waals surface area contributed by atoms with Gasteiger partial charge in [0.2, 0.25) is 0 Å². The van der Waals surface area contributed by atoms with Crippen LogP contribution < -0.4 is 0 Å². The highest BCUT2D eigenvalue weighted by molar-refractivity contribution is 6.17. The number of carboxylic acid groups (broad SMARTS) is 1. The maximum absolute atomic E-state index is 11.7. The van der Waals surface area contributed by atoms with E-state index in [1.807, 2.05) is 30.3 Å². The van der Waals surface area contributed by atoms with Crippen molar-refractivity contribution >= 4 is 11.9 Å². The first-order chi connectivity index (χ1) is 8.09. The van der Waals surface area contributed by atoms with Crippen molar-refractivity contribution in [3.63, 3.8) is 0 Å². The predicted octanol–water partition coefficient (Wildman–Crippen LogP) is 0.926. The minimum Gasteiger partial charge on any atom is -0.509 e. The zero-order valence-corrected chi connectivity index (χ0v) is 8.96. The summed E-state index contributed by atoms with van der Waals surface area (Å²) in [7, 11) is 0. The second-order valence-corrected chi connectivity index (χ2v) is 3.77. The minimum atomic E-state index is -1.39. The number of aliphatic hydroxyl groups is 1. The standard InChI is InChI=1S/C12H11NO4/c14-9-7-13(11(15)10(9)12(16)17)6-8-4-2-1-3-5-8/h1-5,14H,6-7H2,(H,16,17). The van der Waals surface area contributed by atoms with E-state index in [1.165, 1.54) is 4.90 Å². The molecule has 0 bridgehead atoms. The number of aliphatic carboxylic acids is 1. The zero-order chi connectivity index (χ0) is 12.4. The number of carboxylic acids is 1. The van der Waals surface area contributed by atoms with E-state index in [0.717, 1.165) is 5.56 Å². The van der Waals surface area contributed by atoms with E-state index >= 15 is 0 Å². The van der Waals surface area contributed by atoms with Gasteiger partial charge in [-0.05, 0) is 5.56 Å². The molecule has 1 aliphatic rings. The second-order valence-electron chi connectivity index (χ2n) is 3.77. The summed E-state index contributed by atoms with van der Waals surface area (Å²) in [6.07, 6.45) is 0. The number of hydrogen-bond donors (Lipinski definition) is 2. The van der Waals surface area contributed by atoms with Crippen LogP contribution in [0, 0.1) is 0 Å². The summed E-state index contributed by atoms with van der Waals surface area (Å²) in [5, 5.41) is 18.2. The Morgan fingerprint density at radius 1 is 1.29 bits per heavy atom. The number of carbonyl (C=O) groups excluding carboxylic acids is 1. The highest BCUT2D eigenvalue weighted by Gasteiger charge is 2.34. The first kappa shape index (κ1) is 11.2. The molecule has 1 aromatic rings. The summed E-state index contributed by atoms with van der Waals surface area (Å²) in [5.41, 5.74) is 0.362. The maximum Gasteiger partial charge on any atom is 0.344 e. The fourth-order valence-corrected chi connectivity index (χ4v) is 1.76. The highest BCUT2D eigenvalue weighted by Crippen LogP contribution is 2.19. The molecule has 1 heterocycles. The van der Waals surface area contributed by atoms with Gasteiger partial charge in [0.1, 0.15) is 5.76 Å². The molecule has 17 heavy (non-hydrogen) atoms. The van der Waals surface area contributed by atoms with Crippen LogP contribution in [-0.4, -0.2) is 33.5 Å². The summed E-state index contributed by atoms with van der Waals surface area (Å²) in [4.78, 5) is 23.7. The fourth-order valence-electron chi connectivity index (χ4n) is 1.76. The molecule has 0 aliphatic carbocycles. The van der Waals surface area contributed by atoms with E-state index in [-0.39, 0.29) is 12.3 Å². The lowest BCUT2D eigenvalue weighted by atomic mass is 10.2. The summed E-state index contributed by atoms with van der Waals surface area (Å²) in [6, 6.07) is 9.20. The summed E-state index contributed by atoms with van der Waals surface area (Å²) >= 11 is 0. The molecule has 2 N–H and O–H groups in total. The third-order valence-electron chi connectivity index (χ3n) is 2.56.